The number of thiophene rings is 1. The van der Waals surface area contributed by atoms with Crippen molar-refractivity contribution in [3.63, 3.8) is 0 Å². The van der Waals surface area contributed by atoms with Gasteiger partial charge in [-0.05, 0) is 50.7 Å². The Morgan fingerprint density at radius 2 is 2.33 bits per heavy atom. The third kappa shape index (κ3) is 2.88. The number of nitrogens with zero attached hydrogens (tertiary/aromatic N) is 2. The molecule has 0 spiro atoms. The number of halogens is 2. The molecule has 0 radical (unpaired) electrons. The molecule has 78 valence electrons. The van der Waals surface area contributed by atoms with E-state index in [1.807, 2.05) is 12.1 Å². The molecule has 2 aromatic rings. The first-order valence-electron chi connectivity index (χ1n) is 4.12. The Hall–Kier alpha value is -0.210. The smallest absolute Gasteiger partial charge is 0.268 e. The summed E-state index contributed by atoms with van der Waals surface area (Å²) in [6.07, 6.45) is 1.69. The summed E-state index contributed by atoms with van der Waals surface area (Å²) in [4.78, 5) is 12.6. The third-order valence-corrected chi connectivity index (χ3v) is 3.97. The Bertz CT molecular complexity index is 537. The van der Waals surface area contributed by atoms with Crippen LogP contribution in [0.4, 0.5) is 0 Å². The van der Waals surface area contributed by atoms with Crippen LogP contribution in [-0.4, -0.2) is 9.78 Å². The van der Waals surface area contributed by atoms with E-state index in [2.05, 4.69) is 43.6 Å². The molecule has 0 saturated heterocycles. The summed E-state index contributed by atoms with van der Waals surface area (Å²) in [6.45, 7) is 0.534. The monoisotopic (exact) mass is 396 g/mol. The van der Waals surface area contributed by atoms with E-state index in [-0.39, 0.29) is 5.56 Å². The van der Waals surface area contributed by atoms with Crippen molar-refractivity contribution in [3.05, 3.63) is 47.0 Å². The van der Waals surface area contributed by atoms with Crippen molar-refractivity contribution in [1.29, 1.82) is 0 Å². The minimum atomic E-state index is -0.0635. The average molecular weight is 397 g/mol. The molecule has 0 aromatic carbocycles. The summed E-state index contributed by atoms with van der Waals surface area (Å²) >= 11 is 7.07. The van der Waals surface area contributed by atoms with Crippen molar-refractivity contribution in [2.75, 3.05) is 0 Å². The highest BCUT2D eigenvalue weighted by molar-refractivity contribution is 14.1. The fourth-order valence-corrected chi connectivity index (χ4v) is 2.97. The Labute approximate surface area is 112 Å². The van der Waals surface area contributed by atoms with Gasteiger partial charge in [0.05, 0.1) is 16.5 Å². The van der Waals surface area contributed by atoms with Crippen molar-refractivity contribution < 1.29 is 0 Å². The Morgan fingerprint density at radius 3 is 2.93 bits per heavy atom. The van der Waals surface area contributed by atoms with E-state index < -0.39 is 0 Å². The lowest BCUT2D eigenvalue weighted by Crippen LogP contribution is -2.22. The molecule has 0 fully saturated rings. The molecule has 15 heavy (non-hydrogen) atoms. The molecule has 3 nitrogen and oxygen atoms in total. The van der Waals surface area contributed by atoms with Crippen LogP contribution in [0.1, 0.15) is 4.88 Å². The molecule has 0 amide bonds. The highest BCUT2D eigenvalue weighted by Crippen LogP contribution is 2.22. The first kappa shape index (κ1) is 11.3. The topological polar surface area (TPSA) is 34.9 Å². The maximum absolute atomic E-state index is 11.5. The van der Waals surface area contributed by atoms with Crippen LogP contribution in [0.25, 0.3) is 0 Å². The summed E-state index contributed by atoms with van der Waals surface area (Å²) in [5.74, 6) is 0. The second-order valence-corrected chi connectivity index (χ2v) is 6.67. The average Bonchev–Trinajstić information content (AvgIpc) is 2.56. The molecule has 0 aliphatic heterocycles. The highest BCUT2D eigenvalue weighted by atomic mass is 127. The van der Waals surface area contributed by atoms with Crippen LogP contribution in [-0.2, 0) is 6.54 Å². The van der Waals surface area contributed by atoms with Crippen molar-refractivity contribution >= 4 is 49.9 Å². The molecule has 2 aromatic heterocycles. The second-order valence-electron chi connectivity index (χ2n) is 2.88. The fourth-order valence-electron chi connectivity index (χ4n) is 1.11. The quantitative estimate of drug-likeness (QED) is 0.731. The highest BCUT2D eigenvalue weighted by Gasteiger charge is 2.02. The largest absolute Gasteiger partial charge is 0.268 e. The predicted molar refractivity (Wildman–Crippen MR) is 72.3 cm³/mol. The van der Waals surface area contributed by atoms with Gasteiger partial charge in [0.15, 0.2) is 0 Å². The molecule has 2 heterocycles. The van der Waals surface area contributed by atoms with Crippen LogP contribution < -0.4 is 5.56 Å². The predicted octanol–water partition coefficient (Wildman–Crippen LogP) is 2.72. The summed E-state index contributed by atoms with van der Waals surface area (Å²) < 4.78 is 3.39. The lowest BCUT2D eigenvalue weighted by atomic mass is 10.4. The van der Waals surface area contributed by atoms with E-state index in [0.717, 1.165) is 12.2 Å². The lowest BCUT2D eigenvalue weighted by molar-refractivity contribution is 0.643. The molecule has 6 heteroatoms. The van der Waals surface area contributed by atoms with E-state index in [0.29, 0.717) is 6.54 Å². The molecule has 0 aliphatic rings. The number of hydrogen-bond donors (Lipinski definition) is 0. The van der Waals surface area contributed by atoms with E-state index in [4.69, 9.17) is 0 Å². The summed E-state index contributed by atoms with van der Waals surface area (Å²) in [5, 5.41) is 4.07. The maximum atomic E-state index is 11.5. The van der Waals surface area contributed by atoms with E-state index in [1.54, 1.807) is 23.6 Å². The molecule has 0 bridgehead atoms. The van der Waals surface area contributed by atoms with Gasteiger partial charge < -0.3 is 0 Å². The molecule has 0 aliphatic carbocycles. The third-order valence-electron chi connectivity index (χ3n) is 1.77. The normalized spacial score (nSPS) is 10.5. The Kier molecular flexibility index (Phi) is 3.57. The first-order valence-corrected chi connectivity index (χ1v) is 6.81. The number of aromatic nitrogens is 2. The maximum Gasteiger partial charge on any atom is 0.268 e. The molecule has 2 rings (SSSR count). The zero-order valence-electron chi connectivity index (χ0n) is 7.48. The summed E-state index contributed by atoms with van der Waals surface area (Å²) in [5.41, 5.74) is -0.0635. The fraction of sp³-hybridized carbons (Fsp3) is 0.111. The lowest BCUT2D eigenvalue weighted by Gasteiger charge is -2.01. The molecular formula is C9H6BrIN2OS. The van der Waals surface area contributed by atoms with E-state index >= 15 is 0 Å². The van der Waals surface area contributed by atoms with Gasteiger partial charge in [0.25, 0.3) is 5.56 Å². The van der Waals surface area contributed by atoms with Gasteiger partial charge in [0.2, 0.25) is 0 Å². The van der Waals surface area contributed by atoms with Crippen molar-refractivity contribution in [1.82, 2.24) is 9.78 Å². The SMILES string of the molecule is O=c1cc(I)cnn1Cc1ccc(Br)s1. The minimum Gasteiger partial charge on any atom is -0.268 e. The van der Waals surface area contributed by atoms with Crippen molar-refractivity contribution in [2.45, 2.75) is 6.54 Å². The van der Waals surface area contributed by atoms with Gasteiger partial charge >= 0.3 is 0 Å². The van der Waals surface area contributed by atoms with Crippen LogP contribution in [0, 0.1) is 3.57 Å². The second kappa shape index (κ2) is 4.75. The van der Waals surface area contributed by atoms with Gasteiger partial charge in [-0.1, -0.05) is 0 Å². The van der Waals surface area contributed by atoms with Crippen LogP contribution in [0.2, 0.25) is 0 Å². The molecule has 0 saturated carbocycles. The van der Waals surface area contributed by atoms with Crippen LogP contribution >= 0.6 is 49.9 Å². The van der Waals surface area contributed by atoms with Gasteiger partial charge in [-0.15, -0.1) is 11.3 Å². The molecular weight excluding hydrogens is 391 g/mol. The summed E-state index contributed by atoms with van der Waals surface area (Å²) in [7, 11) is 0. The Morgan fingerprint density at radius 1 is 1.53 bits per heavy atom. The molecule has 0 atom stereocenters. The van der Waals surface area contributed by atoms with Crippen molar-refractivity contribution in [3.8, 4) is 0 Å². The summed E-state index contributed by atoms with van der Waals surface area (Å²) in [6, 6.07) is 5.54. The Balaban J connectivity index is 2.28. The van der Waals surface area contributed by atoms with E-state index in [9.17, 15) is 4.79 Å². The van der Waals surface area contributed by atoms with Gasteiger partial charge in [0.1, 0.15) is 0 Å². The van der Waals surface area contributed by atoms with Gasteiger partial charge in [-0.2, -0.15) is 5.10 Å². The van der Waals surface area contributed by atoms with Gasteiger partial charge in [-0.25, -0.2) is 4.68 Å². The number of hydrogen-bond acceptors (Lipinski definition) is 3. The van der Waals surface area contributed by atoms with Gasteiger partial charge in [-0.3, -0.25) is 4.79 Å². The van der Waals surface area contributed by atoms with Crippen LogP contribution in [0.15, 0.2) is 33.0 Å². The standard InChI is InChI=1S/C9H6BrIN2OS/c10-8-2-1-7(15-8)5-13-9(14)3-6(11)4-12-13/h1-4H,5H2. The van der Waals surface area contributed by atoms with Crippen LogP contribution in [0.5, 0.6) is 0 Å². The number of rotatable bonds is 2. The molecule has 0 N–H and O–H groups in total. The van der Waals surface area contributed by atoms with Crippen LogP contribution in [0.3, 0.4) is 0 Å². The van der Waals surface area contributed by atoms with Crippen molar-refractivity contribution in [2.24, 2.45) is 0 Å². The van der Waals surface area contributed by atoms with Gasteiger partial charge in [0, 0.05) is 14.5 Å². The first-order chi connectivity index (χ1) is 7.15. The zero-order valence-corrected chi connectivity index (χ0v) is 12.0. The zero-order chi connectivity index (χ0) is 10.8. The minimum absolute atomic E-state index is 0.0635. The molecule has 0 unspecified atom stereocenters. The van der Waals surface area contributed by atoms with E-state index in [1.165, 1.54) is 4.68 Å².